The summed E-state index contributed by atoms with van der Waals surface area (Å²) in [4.78, 5) is 0. The van der Waals surface area contributed by atoms with Gasteiger partial charge in [0.1, 0.15) is 6.10 Å². The maximum Gasteiger partial charge on any atom is 0.167 e. The number of epoxide rings is 1. The molecule has 2 atom stereocenters. The van der Waals surface area contributed by atoms with Gasteiger partial charge in [0.05, 0.1) is 13.2 Å². The van der Waals surface area contributed by atoms with Gasteiger partial charge in [0, 0.05) is 26.7 Å². The molecule has 1 rings (SSSR count). The molecule has 144 valence electrons. The van der Waals surface area contributed by atoms with Crippen molar-refractivity contribution in [2.45, 2.75) is 89.9 Å². The summed E-state index contributed by atoms with van der Waals surface area (Å²) in [5, 5.41) is 0. The molecule has 4 heteroatoms. The Labute approximate surface area is 149 Å². The van der Waals surface area contributed by atoms with Gasteiger partial charge < -0.3 is 18.9 Å². The van der Waals surface area contributed by atoms with Crippen molar-refractivity contribution in [2.24, 2.45) is 5.92 Å². The molecule has 0 spiro atoms. The van der Waals surface area contributed by atoms with Gasteiger partial charge in [0.25, 0.3) is 0 Å². The van der Waals surface area contributed by atoms with Crippen LogP contribution < -0.4 is 0 Å². The summed E-state index contributed by atoms with van der Waals surface area (Å²) in [6.45, 7) is 6.81. The van der Waals surface area contributed by atoms with Crippen LogP contribution >= 0.6 is 0 Å². The topological polar surface area (TPSA) is 40.2 Å². The van der Waals surface area contributed by atoms with Crippen LogP contribution in [0.2, 0.25) is 0 Å². The second-order valence-electron chi connectivity index (χ2n) is 7.20. The fraction of sp³-hybridized carbons (Fsp3) is 1.00. The summed E-state index contributed by atoms with van der Waals surface area (Å²) in [6.07, 6.45) is 12.9. The molecule has 1 aliphatic heterocycles. The fourth-order valence-electron chi connectivity index (χ4n) is 3.23. The van der Waals surface area contributed by atoms with Crippen LogP contribution in [-0.4, -0.2) is 45.9 Å². The normalized spacial score (nSPS) is 18.8. The molecule has 0 aliphatic carbocycles. The van der Waals surface area contributed by atoms with Crippen molar-refractivity contribution in [2.75, 3.05) is 34.0 Å². The van der Waals surface area contributed by atoms with Gasteiger partial charge in [-0.1, -0.05) is 51.9 Å². The van der Waals surface area contributed by atoms with E-state index in [1.165, 1.54) is 44.9 Å². The highest BCUT2D eigenvalue weighted by Crippen LogP contribution is 2.31. The van der Waals surface area contributed by atoms with Gasteiger partial charge in [-0.25, -0.2) is 0 Å². The molecule has 4 nitrogen and oxygen atoms in total. The van der Waals surface area contributed by atoms with Crippen molar-refractivity contribution in [3.8, 4) is 0 Å². The van der Waals surface area contributed by atoms with Crippen LogP contribution in [0.5, 0.6) is 0 Å². The molecule has 0 aromatic heterocycles. The highest BCUT2D eigenvalue weighted by Gasteiger charge is 2.33. The molecule has 1 heterocycles. The molecular weight excluding hydrogens is 304 g/mol. The Hall–Kier alpha value is -0.160. The lowest BCUT2D eigenvalue weighted by Crippen LogP contribution is -2.39. The summed E-state index contributed by atoms with van der Waals surface area (Å²) in [6, 6.07) is 0. The van der Waals surface area contributed by atoms with Crippen LogP contribution in [0.25, 0.3) is 0 Å². The summed E-state index contributed by atoms with van der Waals surface area (Å²) in [7, 11) is 3.52. The Kier molecular flexibility index (Phi) is 11.9. The molecule has 0 amide bonds. The maximum absolute atomic E-state index is 5.69. The van der Waals surface area contributed by atoms with Crippen LogP contribution in [0.15, 0.2) is 0 Å². The first-order chi connectivity index (χ1) is 11.7. The first-order valence-electron chi connectivity index (χ1n) is 9.96. The lowest BCUT2D eigenvalue weighted by atomic mass is 9.88. The van der Waals surface area contributed by atoms with E-state index in [1.54, 1.807) is 14.2 Å². The fourth-order valence-corrected chi connectivity index (χ4v) is 3.23. The van der Waals surface area contributed by atoms with Gasteiger partial charge in [0.15, 0.2) is 5.79 Å². The van der Waals surface area contributed by atoms with E-state index >= 15 is 0 Å². The average Bonchev–Trinajstić information content (AvgIpc) is 3.42. The minimum atomic E-state index is -0.466. The third-order valence-corrected chi connectivity index (χ3v) is 5.26. The smallest absolute Gasteiger partial charge is 0.167 e. The van der Waals surface area contributed by atoms with Crippen molar-refractivity contribution < 1.29 is 18.9 Å². The first-order valence-corrected chi connectivity index (χ1v) is 9.96. The summed E-state index contributed by atoms with van der Waals surface area (Å²) >= 11 is 0. The summed E-state index contributed by atoms with van der Waals surface area (Å²) in [5.41, 5.74) is 0. The lowest BCUT2D eigenvalue weighted by Gasteiger charge is -2.35. The van der Waals surface area contributed by atoms with Gasteiger partial charge in [-0.15, -0.1) is 0 Å². The molecule has 0 aromatic rings. The number of rotatable bonds is 17. The highest BCUT2D eigenvalue weighted by atomic mass is 16.7. The first kappa shape index (κ1) is 21.9. The van der Waals surface area contributed by atoms with E-state index in [9.17, 15) is 0 Å². The van der Waals surface area contributed by atoms with Gasteiger partial charge in [-0.05, 0) is 26.2 Å². The van der Waals surface area contributed by atoms with E-state index in [-0.39, 0.29) is 0 Å². The molecule has 24 heavy (non-hydrogen) atoms. The van der Waals surface area contributed by atoms with Gasteiger partial charge in [-0.3, -0.25) is 0 Å². The Morgan fingerprint density at radius 2 is 1.54 bits per heavy atom. The Morgan fingerprint density at radius 1 is 0.958 bits per heavy atom. The predicted octanol–water partition coefficient (Wildman–Crippen LogP) is 4.95. The van der Waals surface area contributed by atoms with E-state index in [4.69, 9.17) is 18.9 Å². The predicted molar refractivity (Wildman–Crippen MR) is 98.3 cm³/mol. The zero-order chi connectivity index (χ0) is 17.7. The highest BCUT2D eigenvalue weighted by molar-refractivity contribution is 4.75. The minimum absolute atomic E-state index is 0.371. The quantitative estimate of drug-likeness (QED) is 0.213. The Bertz CT molecular complexity index is 287. The second-order valence-corrected chi connectivity index (χ2v) is 7.20. The van der Waals surface area contributed by atoms with Gasteiger partial charge in [-0.2, -0.15) is 0 Å². The molecule has 2 unspecified atom stereocenters. The zero-order valence-corrected chi connectivity index (χ0v) is 16.5. The van der Waals surface area contributed by atoms with Crippen molar-refractivity contribution in [1.82, 2.24) is 0 Å². The molecule has 0 radical (unpaired) electrons. The maximum atomic E-state index is 5.69. The van der Waals surface area contributed by atoms with Crippen molar-refractivity contribution >= 4 is 0 Å². The van der Waals surface area contributed by atoms with E-state index < -0.39 is 5.79 Å². The number of ether oxygens (including phenoxy) is 4. The SMILES string of the molecule is CCCCCCCCC(CCCCOCC1CO1)C(C)(OC)OC. The average molecular weight is 345 g/mol. The zero-order valence-electron chi connectivity index (χ0n) is 16.5. The number of hydrogen-bond donors (Lipinski definition) is 0. The minimum Gasteiger partial charge on any atom is -0.379 e. The van der Waals surface area contributed by atoms with Crippen LogP contribution in [0, 0.1) is 5.92 Å². The molecule has 0 bridgehead atoms. The largest absolute Gasteiger partial charge is 0.379 e. The van der Waals surface area contributed by atoms with Gasteiger partial charge >= 0.3 is 0 Å². The summed E-state index contributed by atoms with van der Waals surface area (Å²) in [5.74, 6) is -0.0167. The Morgan fingerprint density at radius 3 is 2.12 bits per heavy atom. The van der Waals surface area contributed by atoms with Crippen molar-refractivity contribution in [1.29, 1.82) is 0 Å². The van der Waals surface area contributed by atoms with E-state index in [0.717, 1.165) is 39.1 Å². The third kappa shape index (κ3) is 9.36. The van der Waals surface area contributed by atoms with Gasteiger partial charge in [0.2, 0.25) is 0 Å². The molecular formula is C20H40O4. The number of methoxy groups -OCH3 is 2. The van der Waals surface area contributed by atoms with Crippen LogP contribution in [0.4, 0.5) is 0 Å². The van der Waals surface area contributed by atoms with Crippen LogP contribution in [0.1, 0.15) is 78.1 Å². The molecule has 0 aromatic carbocycles. The molecule has 0 N–H and O–H groups in total. The van der Waals surface area contributed by atoms with E-state index in [0.29, 0.717) is 12.0 Å². The summed E-state index contributed by atoms with van der Waals surface area (Å²) < 4.78 is 22.2. The Balaban J connectivity index is 2.20. The lowest BCUT2D eigenvalue weighted by molar-refractivity contribution is -0.230. The second kappa shape index (κ2) is 13.1. The molecule has 1 aliphatic rings. The van der Waals surface area contributed by atoms with Crippen molar-refractivity contribution in [3.05, 3.63) is 0 Å². The molecule has 1 saturated heterocycles. The van der Waals surface area contributed by atoms with Crippen LogP contribution in [-0.2, 0) is 18.9 Å². The monoisotopic (exact) mass is 344 g/mol. The standard InChI is InChI=1S/C20H40O4/c1-5-6-7-8-9-10-13-18(20(2,21-3)22-4)14-11-12-15-23-16-19-17-24-19/h18-19H,5-17H2,1-4H3. The number of hydrogen-bond acceptors (Lipinski definition) is 4. The molecule has 1 fully saturated rings. The van der Waals surface area contributed by atoms with E-state index in [2.05, 4.69) is 13.8 Å². The third-order valence-electron chi connectivity index (χ3n) is 5.26. The van der Waals surface area contributed by atoms with Crippen LogP contribution in [0.3, 0.4) is 0 Å². The van der Waals surface area contributed by atoms with E-state index in [1.807, 2.05) is 0 Å². The number of unbranched alkanes of at least 4 members (excludes halogenated alkanes) is 6. The molecule has 0 saturated carbocycles. The van der Waals surface area contributed by atoms with Crippen molar-refractivity contribution in [3.63, 3.8) is 0 Å².